The van der Waals surface area contributed by atoms with Crippen LogP contribution in [0, 0.1) is 13.8 Å². The molecule has 0 radical (unpaired) electrons. The lowest BCUT2D eigenvalue weighted by molar-refractivity contribution is 0.202. The van der Waals surface area contributed by atoms with Gasteiger partial charge in [-0.15, -0.1) is 0 Å². The van der Waals surface area contributed by atoms with Crippen molar-refractivity contribution >= 4 is 25.3 Å². The number of benzene rings is 2. The van der Waals surface area contributed by atoms with Crippen LogP contribution in [0.4, 0.5) is 0 Å². The van der Waals surface area contributed by atoms with Crippen LogP contribution in [0.5, 0.6) is 5.75 Å². The molecule has 0 aliphatic rings. The van der Waals surface area contributed by atoms with E-state index in [0.29, 0.717) is 29.9 Å². The van der Waals surface area contributed by atoms with Crippen LogP contribution >= 0.6 is 0 Å². The minimum absolute atomic E-state index is 0.160. The van der Waals surface area contributed by atoms with Gasteiger partial charge in [0.05, 0.1) is 17.5 Å². The lowest BCUT2D eigenvalue weighted by Crippen LogP contribution is -2.41. The number of aromatic amines is 1. The maximum Gasteiger partial charge on any atom is 0.259 e. The topological polar surface area (TPSA) is 64.2 Å². The number of nitrogens with one attached hydrogen (secondary N) is 1. The lowest BCUT2D eigenvalue weighted by atomic mass is 10.0. The zero-order valence-corrected chi connectivity index (χ0v) is 21.3. The van der Waals surface area contributed by atoms with Crippen LogP contribution in [-0.4, -0.2) is 31.5 Å². The third kappa shape index (κ3) is 5.02. The minimum atomic E-state index is -1.78. The summed E-state index contributed by atoms with van der Waals surface area (Å²) in [5.41, 5.74) is 4.24. The van der Waals surface area contributed by atoms with E-state index in [-0.39, 0.29) is 10.6 Å². The first-order chi connectivity index (χ1) is 14.9. The molecule has 0 bridgehead atoms. The van der Waals surface area contributed by atoms with Gasteiger partial charge in [-0.05, 0) is 72.9 Å². The molecule has 2 aromatic carbocycles. The summed E-state index contributed by atoms with van der Waals surface area (Å²) in [6.07, 6.45) is 1.72. The number of fused-ring (bicyclic) bond motifs is 1. The standard InChI is InChI=1S/C26H34N2O3Si/c1-9-19-10-11-22-21(16-19)25(29)28-24(27-22)20-14-17(2)23(18(3)15-20)30-12-13-31-32(7,8)26(4,5)6/h9-11,14-16H,1,12-13H2,2-8H3,(H,27,28,29). The van der Waals surface area contributed by atoms with Gasteiger partial charge in [0.1, 0.15) is 18.2 Å². The molecule has 0 saturated carbocycles. The summed E-state index contributed by atoms with van der Waals surface area (Å²) in [5, 5.41) is 0.735. The van der Waals surface area contributed by atoms with E-state index in [1.165, 1.54) is 0 Å². The SMILES string of the molecule is C=Cc1ccc2nc(-c3cc(C)c(OCCO[Si](C)(C)C(C)(C)C)c(C)c3)[nH]c(=O)c2c1. The van der Waals surface area contributed by atoms with E-state index in [9.17, 15) is 4.79 Å². The molecule has 0 atom stereocenters. The summed E-state index contributed by atoms with van der Waals surface area (Å²) in [7, 11) is -1.78. The van der Waals surface area contributed by atoms with E-state index in [2.05, 4.69) is 50.4 Å². The van der Waals surface area contributed by atoms with E-state index in [4.69, 9.17) is 9.16 Å². The summed E-state index contributed by atoms with van der Waals surface area (Å²) in [6, 6.07) is 9.56. The normalized spacial score (nSPS) is 12.2. The van der Waals surface area contributed by atoms with Gasteiger partial charge in [-0.25, -0.2) is 4.98 Å². The Morgan fingerprint density at radius 3 is 2.34 bits per heavy atom. The number of aryl methyl sites for hydroxylation is 2. The molecule has 0 fully saturated rings. The fourth-order valence-corrected chi connectivity index (χ4v) is 4.42. The van der Waals surface area contributed by atoms with Crippen molar-refractivity contribution in [3.8, 4) is 17.1 Å². The average Bonchev–Trinajstić information content (AvgIpc) is 2.71. The molecular weight excluding hydrogens is 416 g/mol. The van der Waals surface area contributed by atoms with Crippen LogP contribution < -0.4 is 10.3 Å². The largest absolute Gasteiger partial charge is 0.491 e. The molecule has 0 aliphatic carbocycles. The summed E-state index contributed by atoms with van der Waals surface area (Å²) in [5.74, 6) is 1.40. The monoisotopic (exact) mass is 450 g/mol. The van der Waals surface area contributed by atoms with Gasteiger partial charge in [0.25, 0.3) is 5.56 Å². The molecule has 0 unspecified atom stereocenters. The minimum Gasteiger partial charge on any atom is -0.491 e. The van der Waals surface area contributed by atoms with Gasteiger partial charge in [0.2, 0.25) is 0 Å². The number of H-pyrrole nitrogens is 1. The maximum absolute atomic E-state index is 12.6. The fourth-order valence-electron chi connectivity index (χ4n) is 3.39. The van der Waals surface area contributed by atoms with Gasteiger partial charge in [-0.2, -0.15) is 0 Å². The second-order valence-corrected chi connectivity index (χ2v) is 14.6. The number of hydrogen-bond acceptors (Lipinski definition) is 4. The highest BCUT2D eigenvalue weighted by Gasteiger charge is 2.36. The van der Waals surface area contributed by atoms with Crippen LogP contribution in [0.3, 0.4) is 0 Å². The van der Waals surface area contributed by atoms with Crippen molar-refractivity contribution in [1.29, 1.82) is 0 Å². The van der Waals surface area contributed by atoms with E-state index >= 15 is 0 Å². The Hall–Kier alpha value is -2.70. The highest BCUT2D eigenvalue weighted by Crippen LogP contribution is 2.36. The third-order valence-corrected chi connectivity index (χ3v) is 10.8. The molecule has 3 rings (SSSR count). The Balaban J connectivity index is 1.80. The second kappa shape index (κ2) is 9.04. The molecule has 6 heteroatoms. The Bertz CT molecular complexity index is 1180. The molecule has 3 aromatic rings. The van der Waals surface area contributed by atoms with Gasteiger partial charge in [0, 0.05) is 5.56 Å². The number of hydrogen-bond donors (Lipinski definition) is 1. The third-order valence-electron chi connectivity index (χ3n) is 6.30. The summed E-state index contributed by atoms with van der Waals surface area (Å²) < 4.78 is 12.3. The molecule has 5 nitrogen and oxygen atoms in total. The van der Waals surface area contributed by atoms with Crippen molar-refractivity contribution in [2.45, 2.75) is 52.8 Å². The smallest absolute Gasteiger partial charge is 0.259 e. The van der Waals surface area contributed by atoms with Crippen LogP contribution in [-0.2, 0) is 4.43 Å². The van der Waals surface area contributed by atoms with Crippen molar-refractivity contribution in [2.75, 3.05) is 13.2 Å². The van der Waals surface area contributed by atoms with E-state index in [1.54, 1.807) is 12.1 Å². The molecule has 0 amide bonds. The number of nitrogens with zero attached hydrogens (tertiary/aromatic N) is 1. The quantitative estimate of drug-likeness (QED) is 0.341. The van der Waals surface area contributed by atoms with Crippen molar-refractivity contribution in [2.24, 2.45) is 0 Å². The first-order valence-electron chi connectivity index (χ1n) is 11.0. The molecule has 0 saturated heterocycles. The number of aromatic nitrogens is 2. The molecule has 0 spiro atoms. The van der Waals surface area contributed by atoms with Gasteiger partial charge < -0.3 is 14.1 Å². The Labute approximate surface area is 191 Å². The average molecular weight is 451 g/mol. The molecule has 1 aromatic heterocycles. The fraction of sp³-hybridized carbons (Fsp3) is 0.385. The van der Waals surface area contributed by atoms with Crippen LogP contribution in [0.1, 0.15) is 37.5 Å². The maximum atomic E-state index is 12.6. The van der Waals surface area contributed by atoms with Crippen LogP contribution in [0.15, 0.2) is 41.7 Å². The van der Waals surface area contributed by atoms with Crippen molar-refractivity contribution in [1.82, 2.24) is 9.97 Å². The predicted octanol–water partition coefficient (Wildman–Crippen LogP) is 6.25. The number of rotatable bonds is 7. The summed E-state index contributed by atoms with van der Waals surface area (Å²) >= 11 is 0. The second-order valence-electron chi connectivity index (χ2n) is 9.79. The zero-order valence-electron chi connectivity index (χ0n) is 20.3. The van der Waals surface area contributed by atoms with Crippen molar-refractivity contribution in [3.05, 3.63) is 64.0 Å². The predicted molar refractivity (Wildman–Crippen MR) is 136 cm³/mol. The van der Waals surface area contributed by atoms with Crippen molar-refractivity contribution in [3.63, 3.8) is 0 Å². The van der Waals surface area contributed by atoms with Crippen LogP contribution in [0.2, 0.25) is 18.1 Å². The number of ether oxygens (including phenoxy) is 1. The summed E-state index contributed by atoms with van der Waals surface area (Å²) in [6.45, 7) is 20.0. The Morgan fingerprint density at radius 2 is 1.75 bits per heavy atom. The van der Waals surface area contributed by atoms with Gasteiger partial charge in [-0.3, -0.25) is 4.79 Å². The van der Waals surface area contributed by atoms with Gasteiger partial charge in [-0.1, -0.05) is 39.5 Å². The molecule has 1 N–H and O–H groups in total. The highest BCUT2D eigenvalue weighted by molar-refractivity contribution is 6.74. The van der Waals surface area contributed by atoms with Gasteiger partial charge in [0.15, 0.2) is 8.32 Å². The zero-order chi connectivity index (χ0) is 23.7. The lowest BCUT2D eigenvalue weighted by Gasteiger charge is -2.36. The highest BCUT2D eigenvalue weighted by atomic mass is 28.4. The molecule has 1 heterocycles. The molecule has 170 valence electrons. The molecule has 32 heavy (non-hydrogen) atoms. The van der Waals surface area contributed by atoms with E-state index < -0.39 is 8.32 Å². The Morgan fingerprint density at radius 1 is 1.09 bits per heavy atom. The Kier molecular flexibility index (Phi) is 6.77. The van der Waals surface area contributed by atoms with Gasteiger partial charge >= 0.3 is 0 Å². The molecular formula is C26H34N2O3Si. The molecule has 0 aliphatic heterocycles. The summed E-state index contributed by atoms with van der Waals surface area (Å²) in [4.78, 5) is 20.2. The van der Waals surface area contributed by atoms with E-state index in [1.807, 2.05) is 38.1 Å². The van der Waals surface area contributed by atoms with Crippen LogP contribution in [0.25, 0.3) is 28.4 Å². The first kappa shape index (κ1) is 23.9. The van der Waals surface area contributed by atoms with E-state index in [0.717, 1.165) is 28.0 Å². The van der Waals surface area contributed by atoms with Crippen molar-refractivity contribution < 1.29 is 9.16 Å². The first-order valence-corrected chi connectivity index (χ1v) is 13.9.